The molecule has 1 aliphatic carbocycles. The Morgan fingerprint density at radius 1 is 1.17 bits per heavy atom. The first-order valence-electron chi connectivity index (χ1n) is 10.9. The van der Waals surface area contributed by atoms with Crippen LogP contribution in [0, 0.1) is 19.8 Å². The summed E-state index contributed by atoms with van der Waals surface area (Å²) in [5.74, 6) is 1.57. The number of nitrogens with zero attached hydrogens (tertiary/aromatic N) is 3. The summed E-state index contributed by atoms with van der Waals surface area (Å²) in [6.45, 7) is 7.75. The van der Waals surface area contributed by atoms with E-state index < -0.39 is 0 Å². The van der Waals surface area contributed by atoms with E-state index in [0.717, 1.165) is 29.6 Å². The van der Waals surface area contributed by atoms with Crippen molar-refractivity contribution in [2.75, 3.05) is 5.75 Å². The summed E-state index contributed by atoms with van der Waals surface area (Å²) in [5.41, 5.74) is 9.62. The molecule has 0 unspecified atom stereocenters. The van der Waals surface area contributed by atoms with Crippen molar-refractivity contribution in [3.63, 3.8) is 0 Å². The van der Waals surface area contributed by atoms with Crippen molar-refractivity contribution in [2.24, 2.45) is 16.0 Å². The molecule has 2 aromatic rings. The van der Waals surface area contributed by atoms with Crippen molar-refractivity contribution in [2.45, 2.75) is 65.5 Å². The first-order valence-corrected chi connectivity index (χ1v) is 11.8. The summed E-state index contributed by atoms with van der Waals surface area (Å²) in [6, 6.07) is 13.5. The van der Waals surface area contributed by atoms with Gasteiger partial charge in [-0.2, -0.15) is 5.10 Å². The average Bonchev–Trinajstić information content (AvgIpc) is 3.03. The summed E-state index contributed by atoms with van der Waals surface area (Å²) in [5, 5.41) is 5.70. The molecule has 0 amide bonds. The molecule has 1 aromatic carbocycles. The molecule has 2 atom stereocenters. The molecule has 0 radical (unpaired) electrons. The number of hydrazone groups is 1. The third-order valence-corrected chi connectivity index (χ3v) is 7.22. The molecule has 2 heterocycles. The Labute approximate surface area is 178 Å². The topological polar surface area (TPSA) is 41.7 Å². The molecule has 1 aliphatic heterocycles. The standard InChI is InChI=1S/C24H32N4S/c1-17-9-7-8-12-22(17)25-24-27-26-23(16-29-24)21-15-18(2)28(19(21)3)14-13-20-10-5-4-6-11-20/h4-6,10-11,15,17,22H,7-9,12-14,16H2,1-3H3,(H,25,27)/t17-,22-/m1/s1. The molecule has 5 heteroatoms. The van der Waals surface area contributed by atoms with Crippen molar-refractivity contribution in [1.29, 1.82) is 0 Å². The second-order valence-electron chi connectivity index (χ2n) is 8.39. The fraction of sp³-hybridized carbons (Fsp3) is 0.500. The zero-order valence-corrected chi connectivity index (χ0v) is 18.6. The molecule has 1 aromatic heterocycles. The van der Waals surface area contributed by atoms with E-state index in [2.05, 4.69) is 67.2 Å². The lowest BCUT2D eigenvalue weighted by Gasteiger charge is -2.26. The third kappa shape index (κ3) is 4.77. The molecule has 4 rings (SSSR count). The summed E-state index contributed by atoms with van der Waals surface area (Å²) in [4.78, 5) is 4.97. The minimum absolute atomic E-state index is 0.457. The van der Waals surface area contributed by atoms with Crippen LogP contribution in [0.25, 0.3) is 0 Å². The van der Waals surface area contributed by atoms with E-state index in [-0.39, 0.29) is 0 Å². The molecule has 2 aliphatic rings. The SMILES string of the molecule is Cc1cc(C2=NNC(=N[C@@H]3CCCC[C@H]3C)SC2)c(C)n1CCc1ccccc1. The van der Waals surface area contributed by atoms with Gasteiger partial charge in [-0.05, 0) is 50.7 Å². The highest BCUT2D eigenvalue weighted by molar-refractivity contribution is 8.14. The largest absolute Gasteiger partial charge is 0.348 e. The van der Waals surface area contributed by atoms with Gasteiger partial charge in [-0.25, -0.2) is 0 Å². The van der Waals surface area contributed by atoms with Crippen molar-refractivity contribution >= 4 is 22.6 Å². The molecule has 0 saturated heterocycles. The molecule has 0 bridgehead atoms. The van der Waals surface area contributed by atoms with E-state index >= 15 is 0 Å². The van der Waals surface area contributed by atoms with Crippen LogP contribution < -0.4 is 5.43 Å². The number of thioether (sulfide) groups is 1. The summed E-state index contributed by atoms with van der Waals surface area (Å²) in [6.07, 6.45) is 6.22. The van der Waals surface area contributed by atoms with Crippen LogP contribution in [0.1, 0.15) is 55.1 Å². The van der Waals surface area contributed by atoms with Gasteiger partial charge < -0.3 is 4.57 Å². The van der Waals surface area contributed by atoms with Gasteiger partial charge in [0, 0.05) is 29.2 Å². The number of benzene rings is 1. The predicted molar refractivity (Wildman–Crippen MR) is 125 cm³/mol. The van der Waals surface area contributed by atoms with Crippen LogP contribution >= 0.6 is 11.8 Å². The Morgan fingerprint density at radius 3 is 2.69 bits per heavy atom. The molecule has 4 nitrogen and oxygen atoms in total. The van der Waals surface area contributed by atoms with Crippen molar-refractivity contribution in [1.82, 2.24) is 9.99 Å². The maximum atomic E-state index is 4.97. The molecule has 1 saturated carbocycles. The first-order chi connectivity index (χ1) is 14.1. The molecule has 1 fully saturated rings. The van der Waals surface area contributed by atoms with Crippen molar-refractivity contribution in [3.05, 3.63) is 58.9 Å². The van der Waals surface area contributed by atoms with Gasteiger partial charge >= 0.3 is 0 Å². The van der Waals surface area contributed by atoms with E-state index in [1.807, 2.05) is 0 Å². The second-order valence-corrected chi connectivity index (χ2v) is 9.36. The number of aliphatic imine (C=N–C) groups is 1. The molecule has 29 heavy (non-hydrogen) atoms. The summed E-state index contributed by atoms with van der Waals surface area (Å²) in [7, 11) is 0. The maximum Gasteiger partial charge on any atom is 0.177 e. The van der Waals surface area contributed by atoms with Crippen LogP contribution in [0.15, 0.2) is 46.5 Å². The van der Waals surface area contributed by atoms with E-state index in [9.17, 15) is 0 Å². The number of nitrogens with one attached hydrogen (secondary N) is 1. The highest BCUT2D eigenvalue weighted by Gasteiger charge is 2.23. The number of amidine groups is 1. The zero-order chi connectivity index (χ0) is 20.2. The lowest BCUT2D eigenvalue weighted by atomic mass is 9.86. The van der Waals surface area contributed by atoms with Gasteiger partial charge in [-0.3, -0.25) is 10.4 Å². The van der Waals surface area contributed by atoms with Crippen LogP contribution in [0.5, 0.6) is 0 Å². The molecular weight excluding hydrogens is 376 g/mol. The zero-order valence-electron chi connectivity index (χ0n) is 17.8. The number of aromatic nitrogens is 1. The monoisotopic (exact) mass is 408 g/mol. The first kappa shape index (κ1) is 20.3. The normalized spacial score (nSPS) is 23.7. The van der Waals surface area contributed by atoms with E-state index in [0.29, 0.717) is 12.0 Å². The number of hydrogen-bond acceptors (Lipinski definition) is 3. The van der Waals surface area contributed by atoms with Gasteiger partial charge in [0.25, 0.3) is 0 Å². The van der Waals surface area contributed by atoms with Crippen LogP contribution in [-0.4, -0.2) is 27.2 Å². The molecular formula is C24H32N4S. The van der Waals surface area contributed by atoms with Crippen LogP contribution in [-0.2, 0) is 13.0 Å². The van der Waals surface area contributed by atoms with E-state index in [1.54, 1.807) is 11.8 Å². The van der Waals surface area contributed by atoms with Crippen LogP contribution in [0.3, 0.4) is 0 Å². The van der Waals surface area contributed by atoms with Gasteiger partial charge in [0.2, 0.25) is 0 Å². The van der Waals surface area contributed by atoms with Gasteiger partial charge in [0.15, 0.2) is 5.17 Å². The van der Waals surface area contributed by atoms with Crippen molar-refractivity contribution in [3.8, 4) is 0 Å². The van der Waals surface area contributed by atoms with Gasteiger partial charge in [0.1, 0.15) is 0 Å². The van der Waals surface area contributed by atoms with E-state index in [1.165, 1.54) is 48.2 Å². The number of rotatable bonds is 5. The Morgan fingerprint density at radius 2 is 1.97 bits per heavy atom. The highest BCUT2D eigenvalue weighted by Crippen LogP contribution is 2.28. The van der Waals surface area contributed by atoms with Gasteiger partial charge in [-0.1, -0.05) is 61.9 Å². The van der Waals surface area contributed by atoms with Crippen LogP contribution in [0.2, 0.25) is 0 Å². The lowest BCUT2D eigenvalue weighted by molar-refractivity contribution is 0.333. The second kappa shape index (κ2) is 9.21. The summed E-state index contributed by atoms with van der Waals surface area (Å²) < 4.78 is 2.42. The van der Waals surface area contributed by atoms with E-state index in [4.69, 9.17) is 10.1 Å². The fourth-order valence-corrected chi connectivity index (χ4v) is 5.30. The predicted octanol–water partition coefficient (Wildman–Crippen LogP) is 5.32. The smallest absolute Gasteiger partial charge is 0.177 e. The fourth-order valence-electron chi connectivity index (χ4n) is 4.48. The number of aryl methyl sites for hydroxylation is 2. The molecule has 154 valence electrons. The quantitative estimate of drug-likeness (QED) is 0.727. The van der Waals surface area contributed by atoms with Gasteiger partial charge in [0.05, 0.1) is 11.8 Å². The Bertz CT molecular complexity index is 897. The minimum atomic E-state index is 0.457. The average molecular weight is 409 g/mol. The summed E-state index contributed by atoms with van der Waals surface area (Å²) >= 11 is 1.79. The Kier molecular flexibility index (Phi) is 6.43. The molecule has 1 N–H and O–H groups in total. The number of hydrogen-bond donors (Lipinski definition) is 1. The Hall–Kier alpha value is -2.01. The maximum absolute atomic E-state index is 4.97. The van der Waals surface area contributed by atoms with Gasteiger partial charge in [-0.15, -0.1) is 0 Å². The van der Waals surface area contributed by atoms with Crippen LogP contribution in [0.4, 0.5) is 0 Å². The lowest BCUT2D eigenvalue weighted by Crippen LogP contribution is -2.29. The minimum Gasteiger partial charge on any atom is -0.348 e. The molecule has 0 spiro atoms. The third-order valence-electron chi connectivity index (χ3n) is 6.33. The van der Waals surface area contributed by atoms with Crippen molar-refractivity contribution < 1.29 is 0 Å². The highest BCUT2D eigenvalue weighted by atomic mass is 32.2. The Balaban J connectivity index is 1.44.